The van der Waals surface area contributed by atoms with Crippen molar-refractivity contribution in [2.75, 3.05) is 4.90 Å². The highest BCUT2D eigenvalue weighted by Crippen LogP contribution is 2.48. The van der Waals surface area contributed by atoms with Gasteiger partial charge in [-0.25, -0.2) is 4.85 Å². The van der Waals surface area contributed by atoms with Gasteiger partial charge >= 0.3 is 0 Å². The van der Waals surface area contributed by atoms with E-state index in [4.69, 9.17) is 6.57 Å². The molecule has 0 aliphatic rings. The summed E-state index contributed by atoms with van der Waals surface area (Å²) in [7, 11) is 0. The van der Waals surface area contributed by atoms with Crippen molar-refractivity contribution >= 4 is 77.1 Å². The molecule has 0 saturated carbocycles. The number of nitriles is 1. The zero-order valence-electron chi connectivity index (χ0n) is 31.8. The minimum absolute atomic E-state index is 0.581. The van der Waals surface area contributed by atoms with E-state index in [0.29, 0.717) is 11.3 Å². The standard InChI is InChI=1S/C54H33N5/c1-56-39-28-30-51-48(33-39)52-45(38-17-13-24-43(32-38)57(40-18-5-2-6-19-40)49-26-14-16-37-15-11-12-25-44(37)49)34-47-46-31-36(35-55)27-29-50(46)58(41-20-7-3-8-21-41)53(47)54(52)59(51)42-22-9-4-10-23-42/h2-34H. The predicted octanol–water partition coefficient (Wildman–Crippen LogP) is 14.6. The van der Waals surface area contributed by atoms with Crippen LogP contribution < -0.4 is 4.90 Å². The van der Waals surface area contributed by atoms with Crippen LogP contribution in [0.25, 0.3) is 81.7 Å². The van der Waals surface area contributed by atoms with Crippen molar-refractivity contribution in [3.8, 4) is 28.6 Å². The monoisotopic (exact) mass is 751 g/mol. The lowest BCUT2D eigenvalue weighted by Crippen LogP contribution is -2.10. The predicted molar refractivity (Wildman–Crippen MR) is 244 cm³/mol. The Morgan fingerprint density at radius 2 is 1.12 bits per heavy atom. The molecule has 2 heterocycles. The smallest absolute Gasteiger partial charge is 0.188 e. The molecule has 59 heavy (non-hydrogen) atoms. The van der Waals surface area contributed by atoms with Crippen LogP contribution in [0.1, 0.15) is 5.56 Å². The molecule has 2 aromatic heterocycles. The number of nitrogens with zero attached hydrogens (tertiary/aromatic N) is 5. The van der Waals surface area contributed by atoms with E-state index in [1.165, 1.54) is 5.39 Å². The highest BCUT2D eigenvalue weighted by Gasteiger charge is 2.26. The van der Waals surface area contributed by atoms with Gasteiger partial charge in [0.2, 0.25) is 0 Å². The van der Waals surface area contributed by atoms with Crippen LogP contribution >= 0.6 is 0 Å². The van der Waals surface area contributed by atoms with Gasteiger partial charge in [-0.2, -0.15) is 5.26 Å². The van der Waals surface area contributed by atoms with E-state index < -0.39 is 0 Å². The van der Waals surface area contributed by atoms with Crippen LogP contribution in [0.3, 0.4) is 0 Å². The number of para-hydroxylation sites is 3. The molecule has 0 fully saturated rings. The summed E-state index contributed by atoms with van der Waals surface area (Å²) >= 11 is 0. The number of rotatable bonds is 6. The fourth-order valence-corrected chi connectivity index (χ4v) is 8.96. The maximum Gasteiger partial charge on any atom is 0.188 e. The number of anilines is 3. The number of aromatic nitrogens is 2. The topological polar surface area (TPSA) is 41.2 Å². The minimum Gasteiger partial charge on any atom is -0.310 e. The Hall–Kier alpha value is -8.38. The molecule has 0 N–H and O–H groups in total. The van der Waals surface area contributed by atoms with Crippen LogP contribution in [0.15, 0.2) is 200 Å². The van der Waals surface area contributed by atoms with Gasteiger partial charge in [0.1, 0.15) is 0 Å². The third-order valence-corrected chi connectivity index (χ3v) is 11.5. The second-order valence-corrected chi connectivity index (χ2v) is 14.8. The van der Waals surface area contributed by atoms with E-state index in [1.807, 2.05) is 36.4 Å². The summed E-state index contributed by atoms with van der Waals surface area (Å²) < 4.78 is 4.68. The lowest BCUT2D eigenvalue weighted by molar-refractivity contribution is 1.15. The van der Waals surface area contributed by atoms with Crippen molar-refractivity contribution < 1.29 is 0 Å². The van der Waals surface area contributed by atoms with Crippen LogP contribution in [-0.2, 0) is 0 Å². The number of hydrogen-bond acceptors (Lipinski definition) is 2. The first-order valence-corrected chi connectivity index (χ1v) is 19.6. The first-order chi connectivity index (χ1) is 29.2. The Labute approximate surface area is 340 Å². The largest absolute Gasteiger partial charge is 0.310 e. The van der Waals surface area contributed by atoms with Gasteiger partial charge in [0, 0.05) is 44.3 Å². The van der Waals surface area contributed by atoms with Gasteiger partial charge in [-0.15, -0.1) is 0 Å². The molecule has 0 bridgehead atoms. The maximum atomic E-state index is 10.2. The number of hydrogen-bond donors (Lipinski definition) is 0. The van der Waals surface area contributed by atoms with E-state index in [1.54, 1.807) is 0 Å². The van der Waals surface area contributed by atoms with Gasteiger partial charge in [0.05, 0.1) is 46.0 Å². The number of benzene rings is 9. The van der Waals surface area contributed by atoms with Gasteiger partial charge < -0.3 is 14.0 Å². The third-order valence-electron chi connectivity index (χ3n) is 11.5. The van der Waals surface area contributed by atoms with Gasteiger partial charge in [-0.1, -0.05) is 109 Å². The fourth-order valence-electron chi connectivity index (χ4n) is 8.96. The lowest BCUT2D eigenvalue weighted by Gasteiger charge is -2.27. The molecule has 0 aliphatic carbocycles. The van der Waals surface area contributed by atoms with E-state index in [0.717, 1.165) is 88.6 Å². The zero-order chi connectivity index (χ0) is 39.5. The fraction of sp³-hybridized carbons (Fsp3) is 0. The summed E-state index contributed by atoms with van der Waals surface area (Å²) in [6, 6.07) is 72.0. The van der Waals surface area contributed by atoms with E-state index in [9.17, 15) is 5.26 Å². The normalized spacial score (nSPS) is 11.4. The lowest BCUT2D eigenvalue weighted by atomic mass is 9.95. The van der Waals surface area contributed by atoms with E-state index >= 15 is 0 Å². The Morgan fingerprint density at radius 1 is 0.492 bits per heavy atom. The Kier molecular flexibility index (Phi) is 7.86. The SMILES string of the molecule is [C-]#[N+]c1ccc2c(c1)c1c(-c3cccc(N(c4ccccc4)c4cccc5ccccc45)c3)cc3c4cc(C#N)ccc4n(-c4ccccc4)c3c1n2-c1ccccc1. The molecule has 0 spiro atoms. The molecule has 5 nitrogen and oxygen atoms in total. The highest BCUT2D eigenvalue weighted by atomic mass is 15.1. The van der Waals surface area contributed by atoms with Gasteiger partial charge in [0.25, 0.3) is 0 Å². The second kappa shape index (κ2) is 13.7. The Morgan fingerprint density at radius 3 is 1.86 bits per heavy atom. The van der Waals surface area contributed by atoms with Gasteiger partial charge in [-0.3, -0.25) is 0 Å². The highest BCUT2D eigenvalue weighted by molar-refractivity contribution is 6.28. The average molecular weight is 752 g/mol. The van der Waals surface area contributed by atoms with Crippen LogP contribution in [0.5, 0.6) is 0 Å². The summed E-state index contributed by atoms with van der Waals surface area (Å²) in [6.45, 7) is 8.08. The maximum absolute atomic E-state index is 10.2. The van der Waals surface area contributed by atoms with Crippen LogP contribution in [-0.4, -0.2) is 9.13 Å². The summed E-state index contributed by atoms with van der Waals surface area (Å²) in [5.74, 6) is 0. The van der Waals surface area contributed by atoms with Crippen molar-refractivity contribution in [2.24, 2.45) is 0 Å². The van der Waals surface area contributed by atoms with Crippen LogP contribution in [0.2, 0.25) is 0 Å². The first-order valence-electron chi connectivity index (χ1n) is 19.6. The molecule has 0 atom stereocenters. The molecule has 11 rings (SSSR count). The van der Waals surface area contributed by atoms with Crippen molar-refractivity contribution in [3.63, 3.8) is 0 Å². The third kappa shape index (κ3) is 5.38. The van der Waals surface area contributed by atoms with Crippen molar-refractivity contribution in [3.05, 3.63) is 217 Å². The molecule has 9 aromatic carbocycles. The van der Waals surface area contributed by atoms with E-state index in [-0.39, 0.29) is 0 Å². The zero-order valence-corrected chi connectivity index (χ0v) is 31.8. The minimum atomic E-state index is 0.581. The van der Waals surface area contributed by atoms with Crippen LogP contribution in [0, 0.1) is 17.9 Å². The second-order valence-electron chi connectivity index (χ2n) is 14.8. The summed E-state index contributed by atoms with van der Waals surface area (Å²) in [6.07, 6.45) is 0. The average Bonchev–Trinajstić information content (AvgIpc) is 3.82. The van der Waals surface area contributed by atoms with Crippen molar-refractivity contribution in [2.45, 2.75) is 0 Å². The molecule has 0 radical (unpaired) electrons. The quantitative estimate of drug-likeness (QED) is 0.159. The summed E-state index contributed by atoms with van der Waals surface area (Å²) in [5, 5.41) is 16.6. The van der Waals surface area contributed by atoms with Gasteiger partial charge in [0.15, 0.2) is 5.69 Å². The molecule has 5 heteroatoms. The van der Waals surface area contributed by atoms with Crippen molar-refractivity contribution in [1.82, 2.24) is 9.13 Å². The molecule has 0 amide bonds. The summed E-state index contributed by atoms with van der Waals surface area (Å²) in [5.41, 5.74) is 12.5. The molecule has 0 saturated heterocycles. The molecule has 11 aromatic rings. The van der Waals surface area contributed by atoms with Crippen molar-refractivity contribution in [1.29, 1.82) is 5.26 Å². The first kappa shape index (κ1) is 33.9. The molecule has 0 unspecified atom stereocenters. The van der Waals surface area contributed by atoms with Gasteiger partial charge in [-0.05, 0) is 113 Å². The molecular weight excluding hydrogens is 719 g/mol. The number of fused-ring (bicyclic) bond motifs is 8. The summed E-state index contributed by atoms with van der Waals surface area (Å²) in [4.78, 5) is 6.26. The molecule has 274 valence electrons. The molecule has 0 aliphatic heterocycles. The molecular formula is C54H33N5. The van der Waals surface area contributed by atoms with E-state index in [2.05, 4.69) is 189 Å². The Balaban J connectivity index is 1.31. The van der Waals surface area contributed by atoms with Crippen LogP contribution in [0.4, 0.5) is 22.7 Å². The Bertz CT molecular complexity index is 3510.